The average molecular weight is 378 g/mol. The van der Waals surface area contributed by atoms with Gasteiger partial charge in [0, 0.05) is 18.5 Å². The van der Waals surface area contributed by atoms with Crippen molar-refractivity contribution in [1.29, 1.82) is 0 Å². The highest BCUT2D eigenvalue weighted by Crippen LogP contribution is 2.55. The van der Waals surface area contributed by atoms with E-state index < -0.39 is 0 Å². The Morgan fingerprint density at radius 3 is 2.35 bits per heavy atom. The summed E-state index contributed by atoms with van der Waals surface area (Å²) in [5, 5.41) is 18.2. The molecule has 1 heterocycles. The molecule has 0 aliphatic heterocycles. The summed E-state index contributed by atoms with van der Waals surface area (Å²) in [6.07, 6.45) is 8.49. The molecule has 0 saturated heterocycles. The highest BCUT2D eigenvalue weighted by molar-refractivity contribution is 7.15. The van der Waals surface area contributed by atoms with E-state index in [4.69, 9.17) is 0 Å². The monoisotopic (exact) mass is 377 g/mol. The molecule has 8 heteroatoms. The number of hydrogen-bond donors (Lipinski definition) is 3. The van der Waals surface area contributed by atoms with E-state index in [-0.39, 0.29) is 23.9 Å². The second-order valence-corrected chi connectivity index (χ2v) is 9.29. The Hall–Kier alpha value is -1.70. The van der Waals surface area contributed by atoms with Crippen LogP contribution in [-0.4, -0.2) is 34.2 Å². The van der Waals surface area contributed by atoms with Gasteiger partial charge in [0.1, 0.15) is 5.01 Å². The van der Waals surface area contributed by atoms with Gasteiger partial charge in [-0.3, -0.25) is 4.79 Å². The molecule has 0 radical (unpaired) electrons. The predicted octanol–water partition coefficient (Wildman–Crippen LogP) is 2.70. The lowest BCUT2D eigenvalue weighted by molar-refractivity contribution is -0.116. The fourth-order valence-corrected chi connectivity index (χ4v) is 6.16. The number of amides is 3. The lowest BCUT2D eigenvalue weighted by Gasteiger charge is -2.56. The molecule has 0 spiro atoms. The van der Waals surface area contributed by atoms with Crippen molar-refractivity contribution < 1.29 is 9.59 Å². The minimum absolute atomic E-state index is 0.00417. The molecule has 1 aromatic rings. The smallest absolute Gasteiger partial charge is 0.315 e. The molecule has 3 amide bonds. The molecule has 0 atom stereocenters. The Morgan fingerprint density at radius 1 is 1.12 bits per heavy atom. The molecule has 1 aromatic heterocycles. The van der Waals surface area contributed by atoms with Gasteiger partial charge in [0.15, 0.2) is 0 Å². The van der Waals surface area contributed by atoms with Crippen molar-refractivity contribution in [3.63, 3.8) is 0 Å². The number of aryl methyl sites for hydroxylation is 1. The molecule has 4 bridgehead atoms. The van der Waals surface area contributed by atoms with Crippen LogP contribution < -0.4 is 16.0 Å². The topological polar surface area (TPSA) is 96.0 Å². The third kappa shape index (κ3) is 3.84. The van der Waals surface area contributed by atoms with E-state index in [0.29, 0.717) is 11.7 Å². The highest BCUT2D eigenvalue weighted by atomic mass is 32.1. The number of urea groups is 1. The van der Waals surface area contributed by atoms with Gasteiger partial charge in [-0.1, -0.05) is 18.3 Å². The molecule has 7 nitrogen and oxygen atoms in total. The highest BCUT2D eigenvalue weighted by Gasteiger charge is 2.51. The van der Waals surface area contributed by atoms with E-state index >= 15 is 0 Å². The minimum atomic E-state index is -0.154. The third-order valence-corrected chi connectivity index (χ3v) is 7.05. The van der Waals surface area contributed by atoms with Crippen molar-refractivity contribution in [2.24, 2.45) is 17.8 Å². The maximum absolute atomic E-state index is 12.3. The zero-order chi connectivity index (χ0) is 18.1. The number of nitrogens with zero attached hydrogens (tertiary/aromatic N) is 2. The quantitative estimate of drug-likeness (QED) is 0.710. The molecule has 4 aliphatic rings. The zero-order valence-corrected chi connectivity index (χ0v) is 16.0. The van der Waals surface area contributed by atoms with E-state index in [1.165, 1.54) is 30.6 Å². The summed E-state index contributed by atoms with van der Waals surface area (Å²) in [6.45, 7) is 2.32. The zero-order valence-electron chi connectivity index (χ0n) is 15.2. The standard InChI is InChI=1S/C18H27N5O2S/c1-2-15-22-23-17(26-15)20-14(24)3-4-19-16(25)21-18-8-11-5-12(9-18)7-13(6-11)10-18/h11-13H,2-10H2,1H3,(H2,19,21,25)(H,20,23,24). The van der Waals surface area contributed by atoms with Gasteiger partial charge in [-0.05, 0) is 62.7 Å². The molecule has 26 heavy (non-hydrogen) atoms. The minimum Gasteiger partial charge on any atom is -0.338 e. The summed E-state index contributed by atoms with van der Waals surface area (Å²) in [4.78, 5) is 24.3. The van der Waals surface area contributed by atoms with Crippen molar-refractivity contribution in [3.05, 3.63) is 5.01 Å². The second kappa shape index (κ2) is 7.13. The van der Waals surface area contributed by atoms with E-state index in [2.05, 4.69) is 26.1 Å². The second-order valence-electron chi connectivity index (χ2n) is 8.23. The summed E-state index contributed by atoms with van der Waals surface area (Å²) in [6, 6.07) is -0.135. The van der Waals surface area contributed by atoms with E-state index in [9.17, 15) is 9.59 Å². The molecular formula is C18H27N5O2S. The van der Waals surface area contributed by atoms with E-state index in [0.717, 1.165) is 48.4 Å². The first-order chi connectivity index (χ1) is 12.5. The first-order valence-corrected chi connectivity index (χ1v) is 10.5. The largest absolute Gasteiger partial charge is 0.338 e. The number of carbonyl (C=O) groups is 2. The molecule has 142 valence electrons. The lowest BCUT2D eigenvalue weighted by atomic mass is 9.53. The Labute approximate surface area is 157 Å². The molecule has 4 aliphatic carbocycles. The molecule has 5 rings (SSSR count). The Kier molecular flexibility index (Phi) is 4.86. The number of nitrogens with one attached hydrogen (secondary N) is 3. The number of hydrogen-bond acceptors (Lipinski definition) is 5. The Morgan fingerprint density at radius 2 is 1.77 bits per heavy atom. The van der Waals surface area contributed by atoms with Crippen molar-refractivity contribution in [2.45, 2.75) is 63.8 Å². The van der Waals surface area contributed by atoms with Gasteiger partial charge in [0.2, 0.25) is 11.0 Å². The SMILES string of the molecule is CCc1nnc(NC(=O)CCNC(=O)NC23CC4CC(CC(C4)C2)C3)s1. The molecule has 4 saturated carbocycles. The van der Waals surface area contributed by atoms with Crippen LogP contribution in [0, 0.1) is 17.8 Å². The summed E-state index contributed by atoms with van der Waals surface area (Å²) >= 11 is 1.38. The number of aromatic nitrogens is 2. The van der Waals surface area contributed by atoms with Gasteiger partial charge in [0.25, 0.3) is 0 Å². The van der Waals surface area contributed by atoms with Crippen LogP contribution >= 0.6 is 11.3 Å². The van der Waals surface area contributed by atoms with Crippen LogP contribution in [0.15, 0.2) is 0 Å². The fraction of sp³-hybridized carbons (Fsp3) is 0.778. The van der Waals surface area contributed by atoms with Gasteiger partial charge in [-0.25, -0.2) is 4.79 Å². The number of rotatable bonds is 6. The van der Waals surface area contributed by atoms with Gasteiger partial charge < -0.3 is 16.0 Å². The summed E-state index contributed by atoms with van der Waals surface area (Å²) in [5.74, 6) is 2.24. The van der Waals surface area contributed by atoms with Gasteiger partial charge >= 0.3 is 6.03 Å². The maximum Gasteiger partial charge on any atom is 0.315 e. The number of carbonyl (C=O) groups excluding carboxylic acids is 2. The number of anilines is 1. The van der Waals surface area contributed by atoms with E-state index in [1.54, 1.807) is 0 Å². The predicted molar refractivity (Wildman–Crippen MR) is 100.0 cm³/mol. The van der Waals surface area contributed by atoms with Crippen LogP contribution in [0.3, 0.4) is 0 Å². The van der Waals surface area contributed by atoms with Crippen LogP contribution in [0.1, 0.15) is 56.9 Å². The normalized spacial score (nSPS) is 31.7. The lowest BCUT2D eigenvalue weighted by Crippen LogP contribution is -2.61. The first-order valence-electron chi connectivity index (χ1n) is 9.72. The van der Waals surface area contributed by atoms with Crippen molar-refractivity contribution in [3.8, 4) is 0 Å². The van der Waals surface area contributed by atoms with Crippen LogP contribution in [-0.2, 0) is 11.2 Å². The van der Waals surface area contributed by atoms with Gasteiger partial charge in [0.05, 0.1) is 0 Å². The van der Waals surface area contributed by atoms with Gasteiger partial charge in [-0.2, -0.15) is 0 Å². The molecule has 0 unspecified atom stereocenters. The molecule has 4 fully saturated rings. The van der Waals surface area contributed by atoms with Crippen LogP contribution in [0.5, 0.6) is 0 Å². The van der Waals surface area contributed by atoms with Crippen LogP contribution in [0.2, 0.25) is 0 Å². The molecule has 3 N–H and O–H groups in total. The third-order valence-electron chi connectivity index (χ3n) is 6.07. The fourth-order valence-electron chi connectivity index (χ4n) is 5.47. The van der Waals surface area contributed by atoms with Crippen LogP contribution in [0.25, 0.3) is 0 Å². The molecular weight excluding hydrogens is 350 g/mol. The van der Waals surface area contributed by atoms with E-state index in [1.807, 2.05) is 6.92 Å². The Balaban J connectivity index is 1.20. The van der Waals surface area contributed by atoms with Crippen molar-refractivity contribution >= 4 is 28.4 Å². The van der Waals surface area contributed by atoms with Crippen LogP contribution in [0.4, 0.5) is 9.93 Å². The maximum atomic E-state index is 12.3. The summed E-state index contributed by atoms with van der Waals surface area (Å²) in [5.41, 5.74) is 0.00417. The van der Waals surface area contributed by atoms with Gasteiger partial charge in [-0.15, -0.1) is 10.2 Å². The first kappa shape index (κ1) is 17.7. The average Bonchev–Trinajstić information content (AvgIpc) is 3.00. The summed E-state index contributed by atoms with van der Waals surface area (Å²) < 4.78 is 0. The van der Waals surface area contributed by atoms with Crippen molar-refractivity contribution in [1.82, 2.24) is 20.8 Å². The Bertz CT molecular complexity index is 654. The molecule has 0 aromatic carbocycles. The summed E-state index contributed by atoms with van der Waals surface area (Å²) in [7, 11) is 0. The van der Waals surface area contributed by atoms with Crippen molar-refractivity contribution in [2.75, 3.05) is 11.9 Å².